The molecule has 2 aliphatic rings. The van der Waals surface area contributed by atoms with Crippen molar-refractivity contribution in [3.8, 4) is 22.5 Å². The minimum absolute atomic E-state index is 0.337. The highest BCUT2D eigenvalue weighted by Gasteiger charge is 2.31. The molecule has 0 atom stereocenters. The number of hydrogen-bond acceptors (Lipinski definition) is 5. The molecule has 0 aliphatic heterocycles. The number of aromatic nitrogens is 4. The maximum atomic E-state index is 13.6. The molecule has 6 rings (SSSR count). The number of benzene rings is 1. The Labute approximate surface area is 213 Å². The van der Waals surface area contributed by atoms with Crippen LogP contribution in [-0.4, -0.2) is 31.7 Å². The zero-order chi connectivity index (χ0) is 25.4. The Morgan fingerprint density at radius 3 is 2.27 bits per heavy atom. The van der Waals surface area contributed by atoms with E-state index in [9.17, 15) is 13.2 Å². The maximum Gasteiger partial charge on any atom is 0.416 e. The summed E-state index contributed by atoms with van der Waals surface area (Å²) in [5, 5.41) is 11.9. The first-order valence-electron chi connectivity index (χ1n) is 13.0. The van der Waals surface area contributed by atoms with Crippen LogP contribution in [-0.2, 0) is 6.18 Å². The van der Waals surface area contributed by atoms with Crippen LogP contribution in [0.5, 0.6) is 0 Å². The summed E-state index contributed by atoms with van der Waals surface area (Å²) in [7, 11) is 0. The molecule has 0 bridgehead atoms. The number of rotatable bonds is 6. The Morgan fingerprint density at radius 2 is 1.54 bits per heavy atom. The first-order valence-corrected chi connectivity index (χ1v) is 13.0. The Kier molecular flexibility index (Phi) is 6.22. The van der Waals surface area contributed by atoms with Gasteiger partial charge in [0.15, 0.2) is 0 Å². The summed E-state index contributed by atoms with van der Waals surface area (Å²) in [6, 6.07) is 13.7. The van der Waals surface area contributed by atoms with E-state index in [0.29, 0.717) is 40.5 Å². The molecule has 192 valence electrons. The summed E-state index contributed by atoms with van der Waals surface area (Å²) in [5.41, 5.74) is 2.23. The second-order valence-corrected chi connectivity index (χ2v) is 10.0. The van der Waals surface area contributed by atoms with Crippen LogP contribution in [0.15, 0.2) is 54.7 Å². The third kappa shape index (κ3) is 4.86. The van der Waals surface area contributed by atoms with Crippen LogP contribution in [0.4, 0.5) is 24.9 Å². The minimum atomic E-state index is -4.45. The first kappa shape index (κ1) is 23.8. The highest BCUT2D eigenvalue weighted by atomic mass is 19.4. The SMILES string of the molecule is FC(F)(F)c1cccc(-c2nn3c(NC4CCCC4)cccc3c2-c2ccnc(NC3CCCC3)n2)c1. The third-order valence-electron chi connectivity index (χ3n) is 7.43. The third-order valence-corrected chi connectivity index (χ3v) is 7.43. The number of nitrogens with one attached hydrogen (secondary N) is 2. The molecule has 2 aliphatic carbocycles. The molecule has 3 aromatic heterocycles. The van der Waals surface area contributed by atoms with Crippen molar-refractivity contribution in [1.82, 2.24) is 19.6 Å². The van der Waals surface area contributed by atoms with Crippen LogP contribution in [0.3, 0.4) is 0 Å². The molecule has 2 N–H and O–H groups in total. The van der Waals surface area contributed by atoms with E-state index in [1.165, 1.54) is 31.7 Å². The normalized spacial score (nSPS) is 17.1. The van der Waals surface area contributed by atoms with Crippen molar-refractivity contribution >= 4 is 17.3 Å². The Hall–Kier alpha value is -3.62. The van der Waals surface area contributed by atoms with E-state index < -0.39 is 11.7 Å². The summed E-state index contributed by atoms with van der Waals surface area (Å²) in [6.45, 7) is 0. The lowest BCUT2D eigenvalue weighted by Crippen LogP contribution is -2.17. The summed E-state index contributed by atoms with van der Waals surface area (Å²) >= 11 is 0. The average Bonchev–Trinajstić information content (AvgIpc) is 3.66. The van der Waals surface area contributed by atoms with Gasteiger partial charge in [-0.15, -0.1) is 0 Å². The molecule has 0 spiro atoms. The molecule has 6 nitrogen and oxygen atoms in total. The first-order chi connectivity index (χ1) is 18.0. The van der Waals surface area contributed by atoms with Gasteiger partial charge in [-0.1, -0.05) is 43.9 Å². The fourth-order valence-electron chi connectivity index (χ4n) is 5.58. The van der Waals surface area contributed by atoms with Gasteiger partial charge in [0, 0.05) is 23.8 Å². The van der Waals surface area contributed by atoms with Crippen molar-refractivity contribution < 1.29 is 13.2 Å². The van der Waals surface area contributed by atoms with E-state index >= 15 is 0 Å². The molecular weight excluding hydrogens is 477 g/mol. The molecule has 9 heteroatoms. The molecule has 0 amide bonds. The Bertz CT molecular complexity index is 1400. The summed E-state index contributed by atoms with van der Waals surface area (Å²) in [5.74, 6) is 1.35. The molecule has 2 saturated carbocycles. The predicted molar refractivity (Wildman–Crippen MR) is 138 cm³/mol. The zero-order valence-electron chi connectivity index (χ0n) is 20.4. The summed E-state index contributed by atoms with van der Waals surface area (Å²) in [4.78, 5) is 9.22. The predicted octanol–water partition coefficient (Wildman–Crippen LogP) is 7.19. The highest BCUT2D eigenvalue weighted by molar-refractivity contribution is 5.91. The molecule has 2 fully saturated rings. The zero-order valence-corrected chi connectivity index (χ0v) is 20.4. The number of fused-ring (bicyclic) bond motifs is 1. The van der Waals surface area contributed by atoms with Crippen LogP contribution < -0.4 is 10.6 Å². The lowest BCUT2D eigenvalue weighted by atomic mass is 10.0. The monoisotopic (exact) mass is 506 g/mol. The fraction of sp³-hybridized carbons (Fsp3) is 0.393. The number of nitrogens with zero attached hydrogens (tertiary/aromatic N) is 4. The summed E-state index contributed by atoms with van der Waals surface area (Å²) < 4.78 is 42.6. The Balaban J connectivity index is 1.50. The molecule has 0 unspecified atom stereocenters. The quantitative estimate of drug-likeness (QED) is 0.290. The number of alkyl halides is 3. The fourth-order valence-corrected chi connectivity index (χ4v) is 5.58. The van der Waals surface area contributed by atoms with E-state index in [0.717, 1.165) is 49.2 Å². The van der Waals surface area contributed by atoms with Gasteiger partial charge in [-0.3, -0.25) is 0 Å². The van der Waals surface area contributed by atoms with Crippen LogP contribution in [0.2, 0.25) is 0 Å². The lowest BCUT2D eigenvalue weighted by molar-refractivity contribution is -0.137. The van der Waals surface area contributed by atoms with Crippen molar-refractivity contribution in [2.24, 2.45) is 0 Å². The van der Waals surface area contributed by atoms with Gasteiger partial charge in [-0.2, -0.15) is 18.3 Å². The Morgan fingerprint density at radius 1 is 0.838 bits per heavy atom. The van der Waals surface area contributed by atoms with Crippen LogP contribution in [0, 0.1) is 0 Å². The minimum Gasteiger partial charge on any atom is -0.367 e. The molecule has 4 aromatic rings. The summed E-state index contributed by atoms with van der Waals surface area (Å²) in [6.07, 6.45) is 6.32. The van der Waals surface area contributed by atoms with Crippen LogP contribution in [0.25, 0.3) is 28.0 Å². The van der Waals surface area contributed by atoms with Gasteiger partial charge in [0.05, 0.1) is 22.3 Å². The van der Waals surface area contributed by atoms with Crippen LogP contribution in [0.1, 0.15) is 56.9 Å². The number of anilines is 2. The lowest BCUT2D eigenvalue weighted by Gasteiger charge is -2.14. The molecule has 37 heavy (non-hydrogen) atoms. The van der Waals surface area contributed by atoms with Gasteiger partial charge in [0.1, 0.15) is 11.5 Å². The molecule has 0 saturated heterocycles. The van der Waals surface area contributed by atoms with Gasteiger partial charge >= 0.3 is 6.18 Å². The maximum absolute atomic E-state index is 13.6. The van der Waals surface area contributed by atoms with Crippen molar-refractivity contribution in [2.45, 2.75) is 69.6 Å². The number of hydrogen-bond donors (Lipinski definition) is 2. The smallest absolute Gasteiger partial charge is 0.367 e. The van der Waals surface area contributed by atoms with Gasteiger partial charge < -0.3 is 10.6 Å². The molecular formula is C28H29F3N6. The number of pyridine rings is 1. The van der Waals surface area contributed by atoms with Crippen molar-refractivity contribution in [3.63, 3.8) is 0 Å². The van der Waals surface area contributed by atoms with E-state index in [1.807, 2.05) is 18.2 Å². The molecule has 1 aromatic carbocycles. The average molecular weight is 507 g/mol. The standard InChI is InChI=1S/C28H29F3N6/c29-28(30,31)19-8-5-7-18(17-19)26-25(22-15-16-32-27(35-22)34-21-11-3-4-12-21)23-13-6-14-24(37(23)36-26)33-20-9-1-2-10-20/h5-8,13-17,20-21,33H,1-4,9-12H2,(H,32,34,35). The van der Waals surface area contributed by atoms with Gasteiger partial charge in [-0.25, -0.2) is 14.5 Å². The van der Waals surface area contributed by atoms with Crippen molar-refractivity contribution in [3.05, 3.63) is 60.3 Å². The van der Waals surface area contributed by atoms with E-state index in [-0.39, 0.29) is 0 Å². The van der Waals surface area contributed by atoms with Crippen LogP contribution >= 0.6 is 0 Å². The largest absolute Gasteiger partial charge is 0.416 e. The molecule has 3 heterocycles. The van der Waals surface area contributed by atoms with E-state index in [4.69, 9.17) is 10.1 Å². The second-order valence-electron chi connectivity index (χ2n) is 10.0. The van der Waals surface area contributed by atoms with E-state index in [1.54, 1.807) is 22.8 Å². The van der Waals surface area contributed by atoms with Crippen molar-refractivity contribution in [2.75, 3.05) is 10.6 Å². The molecule has 0 radical (unpaired) electrons. The second kappa shape index (κ2) is 9.68. The van der Waals surface area contributed by atoms with E-state index in [2.05, 4.69) is 15.6 Å². The number of halogens is 3. The van der Waals surface area contributed by atoms with Gasteiger partial charge in [0.2, 0.25) is 5.95 Å². The highest BCUT2D eigenvalue weighted by Crippen LogP contribution is 2.38. The van der Waals surface area contributed by atoms with Crippen molar-refractivity contribution in [1.29, 1.82) is 0 Å². The topological polar surface area (TPSA) is 67.1 Å². The van der Waals surface area contributed by atoms with Gasteiger partial charge in [0.25, 0.3) is 0 Å². The van der Waals surface area contributed by atoms with Gasteiger partial charge in [-0.05, 0) is 56.0 Å².